The molecule has 0 saturated carbocycles. The standard InChI is InChI=1S/C23H27N3O2/c1-18(2)26(23(27)24-20-11-13-22(28-3)14-12-20)17-21-10-7-15-25(21)16-19-8-5-4-6-9-19/h4-15,18H,16-17H2,1-3H3,(H,24,27). The Kier molecular flexibility index (Phi) is 6.37. The van der Waals surface area contributed by atoms with Gasteiger partial charge in [-0.15, -0.1) is 0 Å². The molecule has 0 aliphatic carbocycles. The molecule has 0 aliphatic rings. The molecule has 1 aromatic heterocycles. The number of aromatic nitrogens is 1. The molecule has 2 aromatic carbocycles. The zero-order chi connectivity index (χ0) is 19.9. The van der Waals surface area contributed by atoms with Gasteiger partial charge in [-0.05, 0) is 55.8 Å². The first-order valence-electron chi connectivity index (χ1n) is 9.46. The van der Waals surface area contributed by atoms with E-state index in [1.807, 2.05) is 67.3 Å². The lowest BCUT2D eigenvalue weighted by molar-refractivity contribution is 0.192. The first-order valence-corrected chi connectivity index (χ1v) is 9.46. The van der Waals surface area contributed by atoms with Crippen LogP contribution in [-0.2, 0) is 13.1 Å². The van der Waals surface area contributed by atoms with Crippen molar-refractivity contribution in [2.45, 2.75) is 33.0 Å². The van der Waals surface area contributed by atoms with Gasteiger partial charge in [0.2, 0.25) is 0 Å². The number of carbonyl (C=O) groups is 1. The predicted octanol–water partition coefficient (Wildman–Crippen LogP) is 4.99. The summed E-state index contributed by atoms with van der Waals surface area (Å²) in [5.74, 6) is 0.762. The summed E-state index contributed by atoms with van der Waals surface area (Å²) >= 11 is 0. The van der Waals surface area contributed by atoms with Crippen molar-refractivity contribution >= 4 is 11.7 Å². The summed E-state index contributed by atoms with van der Waals surface area (Å²) < 4.78 is 7.35. The number of nitrogens with one attached hydrogen (secondary N) is 1. The summed E-state index contributed by atoms with van der Waals surface area (Å²) in [5.41, 5.74) is 3.08. The number of benzene rings is 2. The molecule has 5 nitrogen and oxygen atoms in total. The van der Waals surface area contributed by atoms with Gasteiger partial charge in [-0.3, -0.25) is 0 Å². The van der Waals surface area contributed by atoms with Crippen molar-refractivity contribution in [3.63, 3.8) is 0 Å². The highest BCUT2D eigenvalue weighted by Crippen LogP contribution is 2.17. The summed E-state index contributed by atoms with van der Waals surface area (Å²) in [6, 6.07) is 21.7. The quantitative estimate of drug-likeness (QED) is 0.631. The third-order valence-corrected chi connectivity index (χ3v) is 4.68. The topological polar surface area (TPSA) is 46.5 Å². The minimum atomic E-state index is -0.118. The Bertz CT molecular complexity index is 886. The molecule has 0 saturated heterocycles. The average molecular weight is 377 g/mol. The van der Waals surface area contributed by atoms with E-state index in [1.165, 1.54) is 5.56 Å². The molecule has 0 unspecified atom stereocenters. The van der Waals surface area contributed by atoms with Crippen molar-refractivity contribution in [2.24, 2.45) is 0 Å². The minimum absolute atomic E-state index is 0.0679. The van der Waals surface area contributed by atoms with Gasteiger partial charge in [-0.2, -0.15) is 0 Å². The number of hydrogen-bond donors (Lipinski definition) is 1. The number of methoxy groups -OCH3 is 1. The fraction of sp³-hybridized carbons (Fsp3) is 0.261. The Morgan fingerprint density at radius 2 is 1.75 bits per heavy atom. The number of anilines is 1. The Balaban J connectivity index is 1.71. The van der Waals surface area contributed by atoms with E-state index in [9.17, 15) is 4.79 Å². The van der Waals surface area contributed by atoms with E-state index in [1.54, 1.807) is 7.11 Å². The summed E-state index contributed by atoms with van der Waals surface area (Å²) in [4.78, 5) is 14.7. The van der Waals surface area contributed by atoms with Crippen molar-refractivity contribution in [3.8, 4) is 5.75 Å². The smallest absolute Gasteiger partial charge is 0.322 e. The largest absolute Gasteiger partial charge is 0.497 e. The first-order chi connectivity index (χ1) is 13.6. The van der Waals surface area contributed by atoms with Crippen LogP contribution in [0.15, 0.2) is 72.9 Å². The highest BCUT2D eigenvalue weighted by atomic mass is 16.5. The summed E-state index contributed by atoms with van der Waals surface area (Å²) in [6.07, 6.45) is 2.06. The van der Waals surface area contributed by atoms with Crippen LogP contribution in [0.2, 0.25) is 0 Å². The predicted molar refractivity (Wildman–Crippen MR) is 113 cm³/mol. The Morgan fingerprint density at radius 3 is 2.39 bits per heavy atom. The van der Waals surface area contributed by atoms with Gasteiger partial charge in [0.1, 0.15) is 5.75 Å². The van der Waals surface area contributed by atoms with E-state index in [2.05, 4.69) is 34.3 Å². The van der Waals surface area contributed by atoms with E-state index in [4.69, 9.17) is 4.74 Å². The van der Waals surface area contributed by atoms with Gasteiger partial charge in [0.15, 0.2) is 0 Å². The van der Waals surface area contributed by atoms with Gasteiger partial charge in [-0.25, -0.2) is 4.79 Å². The molecule has 3 rings (SSSR count). The van der Waals surface area contributed by atoms with E-state index in [-0.39, 0.29) is 12.1 Å². The van der Waals surface area contributed by atoms with Gasteiger partial charge in [0.05, 0.1) is 13.7 Å². The van der Waals surface area contributed by atoms with Crippen LogP contribution in [0.3, 0.4) is 0 Å². The molecular formula is C23H27N3O2. The summed E-state index contributed by atoms with van der Waals surface area (Å²) in [7, 11) is 1.62. The van der Waals surface area contributed by atoms with E-state index in [0.717, 1.165) is 23.7 Å². The zero-order valence-corrected chi connectivity index (χ0v) is 16.6. The lowest BCUT2D eigenvalue weighted by Crippen LogP contribution is -2.40. The highest BCUT2D eigenvalue weighted by molar-refractivity contribution is 5.89. The number of rotatable bonds is 7. The normalized spacial score (nSPS) is 10.7. The zero-order valence-electron chi connectivity index (χ0n) is 16.6. The molecule has 28 heavy (non-hydrogen) atoms. The SMILES string of the molecule is COc1ccc(NC(=O)N(Cc2cccn2Cc2ccccc2)C(C)C)cc1. The van der Waals surface area contributed by atoms with Crippen LogP contribution in [0, 0.1) is 0 Å². The molecule has 1 N–H and O–H groups in total. The maximum atomic E-state index is 12.9. The fourth-order valence-electron chi connectivity index (χ4n) is 3.06. The number of hydrogen-bond acceptors (Lipinski definition) is 2. The van der Waals surface area contributed by atoms with Gasteiger partial charge in [0.25, 0.3) is 0 Å². The van der Waals surface area contributed by atoms with Gasteiger partial charge < -0.3 is 19.5 Å². The molecule has 1 heterocycles. The van der Waals surface area contributed by atoms with Crippen LogP contribution >= 0.6 is 0 Å². The number of amides is 2. The number of nitrogens with zero attached hydrogens (tertiary/aromatic N) is 2. The van der Waals surface area contributed by atoms with Crippen molar-refractivity contribution in [3.05, 3.63) is 84.2 Å². The van der Waals surface area contributed by atoms with Gasteiger partial charge in [-0.1, -0.05) is 30.3 Å². The number of ether oxygens (including phenoxy) is 1. The second-order valence-electron chi connectivity index (χ2n) is 6.99. The summed E-state index contributed by atoms with van der Waals surface area (Å²) in [6.45, 7) is 5.38. The van der Waals surface area contributed by atoms with Crippen molar-refractivity contribution in [1.82, 2.24) is 9.47 Å². The van der Waals surface area contributed by atoms with Gasteiger partial charge >= 0.3 is 6.03 Å². The first kappa shape index (κ1) is 19.5. The maximum Gasteiger partial charge on any atom is 0.322 e. The van der Waals surface area contributed by atoms with Crippen molar-refractivity contribution in [2.75, 3.05) is 12.4 Å². The summed E-state index contributed by atoms with van der Waals surface area (Å²) in [5, 5.41) is 2.98. The third-order valence-electron chi connectivity index (χ3n) is 4.68. The Hall–Kier alpha value is -3.21. The molecule has 2 amide bonds. The third kappa shape index (κ3) is 4.94. The second-order valence-corrected chi connectivity index (χ2v) is 6.99. The number of carbonyl (C=O) groups excluding carboxylic acids is 1. The molecular weight excluding hydrogens is 350 g/mol. The fourth-order valence-corrected chi connectivity index (χ4v) is 3.06. The molecule has 5 heteroatoms. The molecule has 0 bridgehead atoms. The van der Waals surface area contributed by atoms with Crippen LogP contribution in [0.4, 0.5) is 10.5 Å². The van der Waals surface area contributed by atoms with Crippen LogP contribution in [0.5, 0.6) is 5.75 Å². The van der Waals surface area contributed by atoms with Crippen LogP contribution in [0.25, 0.3) is 0 Å². The second kappa shape index (κ2) is 9.13. The molecule has 146 valence electrons. The van der Waals surface area contributed by atoms with Crippen LogP contribution in [-0.4, -0.2) is 28.6 Å². The lowest BCUT2D eigenvalue weighted by Gasteiger charge is -2.27. The highest BCUT2D eigenvalue weighted by Gasteiger charge is 2.19. The molecule has 0 spiro atoms. The maximum absolute atomic E-state index is 12.9. The number of urea groups is 1. The van der Waals surface area contributed by atoms with Crippen LogP contribution in [0.1, 0.15) is 25.1 Å². The van der Waals surface area contributed by atoms with E-state index in [0.29, 0.717) is 6.54 Å². The van der Waals surface area contributed by atoms with Crippen molar-refractivity contribution in [1.29, 1.82) is 0 Å². The molecule has 0 fully saturated rings. The Labute approximate surface area is 166 Å². The molecule has 0 aliphatic heterocycles. The molecule has 0 radical (unpaired) electrons. The van der Waals surface area contributed by atoms with Crippen molar-refractivity contribution < 1.29 is 9.53 Å². The van der Waals surface area contributed by atoms with E-state index >= 15 is 0 Å². The van der Waals surface area contributed by atoms with E-state index < -0.39 is 0 Å². The Morgan fingerprint density at radius 1 is 1.04 bits per heavy atom. The average Bonchev–Trinajstić information content (AvgIpc) is 3.14. The van der Waals surface area contributed by atoms with Crippen LogP contribution < -0.4 is 10.1 Å². The minimum Gasteiger partial charge on any atom is -0.497 e. The monoisotopic (exact) mass is 377 g/mol. The van der Waals surface area contributed by atoms with Gasteiger partial charge in [0, 0.05) is 30.2 Å². The molecule has 3 aromatic rings. The lowest BCUT2D eigenvalue weighted by atomic mass is 10.2. The molecule has 0 atom stereocenters.